The molecule has 0 fully saturated rings. The van der Waals surface area contributed by atoms with Crippen LogP contribution in [0.15, 0.2) is 29.8 Å². The molecule has 0 N–H and O–H groups in total. The van der Waals surface area contributed by atoms with Gasteiger partial charge in [-0.15, -0.1) is 0 Å². The molecule has 0 aliphatic rings. The van der Waals surface area contributed by atoms with E-state index in [2.05, 4.69) is 14.3 Å². The Kier molecular flexibility index (Phi) is 1.31. The van der Waals surface area contributed by atoms with E-state index in [1.54, 1.807) is 6.20 Å². The zero-order chi connectivity index (χ0) is 8.67. The van der Waals surface area contributed by atoms with Crippen LogP contribution < -0.4 is 0 Å². The molecule has 0 aliphatic carbocycles. The lowest BCUT2D eigenvalue weighted by molar-refractivity contribution is 1.33. The number of hydrogen-bond donors (Lipinski definition) is 0. The highest BCUT2D eigenvalue weighted by Gasteiger charge is 2.00. The molecular weight excluding hydrogens is 182 g/mol. The van der Waals surface area contributed by atoms with Crippen molar-refractivity contribution in [2.24, 2.45) is 0 Å². The van der Waals surface area contributed by atoms with Crippen molar-refractivity contribution in [2.75, 3.05) is 0 Å². The third kappa shape index (κ3) is 0.990. The van der Waals surface area contributed by atoms with Crippen molar-refractivity contribution in [1.29, 1.82) is 0 Å². The molecule has 0 saturated carbocycles. The van der Waals surface area contributed by atoms with E-state index in [1.807, 2.05) is 23.6 Å². The van der Waals surface area contributed by atoms with E-state index < -0.39 is 0 Å². The molecule has 0 amide bonds. The van der Waals surface area contributed by atoms with Crippen molar-refractivity contribution in [1.82, 2.24) is 14.3 Å². The van der Waals surface area contributed by atoms with Gasteiger partial charge in [0.05, 0.1) is 0 Å². The average Bonchev–Trinajstić information content (AvgIpc) is 2.61. The number of aromatic nitrogens is 3. The molecule has 13 heavy (non-hydrogen) atoms. The maximum Gasteiger partial charge on any atom is 0.159 e. The first-order chi connectivity index (χ1) is 6.43. The lowest BCUT2D eigenvalue weighted by Gasteiger charge is -1.93. The van der Waals surface area contributed by atoms with E-state index in [9.17, 15) is 0 Å². The number of nitrogens with zero attached hydrogens (tertiary/aromatic N) is 3. The summed E-state index contributed by atoms with van der Waals surface area (Å²) in [5.41, 5.74) is 2.66. The Hall–Kier alpha value is -1.55. The highest BCUT2D eigenvalue weighted by Crippen LogP contribution is 2.17. The molecule has 62 valence electrons. The minimum Gasteiger partial charge on any atom is -0.237 e. The van der Waals surface area contributed by atoms with E-state index in [1.165, 1.54) is 11.5 Å². The normalized spacial score (nSPS) is 11.1. The van der Waals surface area contributed by atoms with Crippen LogP contribution in [0.25, 0.3) is 22.1 Å². The van der Waals surface area contributed by atoms with Crippen LogP contribution in [0, 0.1) is 0 Å². The molecule has 3 aromatic rings. The second-order valence-corrected chi connectivity index (χ2v) is 3.39. The first-order valence-electron chi connectivity index (χ1n) is 3.89. The molecule has 0 aromatic carbocycles. The molecular formula is C9H5N3S. The van der Waals surface area contributed by atoms with Crippen LogP contribution in [0.3, 0.4) is 0 Å². The van der Waals surface area contributed by atoms with E-state index in [-0.39, 0.29) is 0 Å². The minimum atomic E-state index is 0.787. The Morgan fingerprint density at radius 1 is 1.23 bits per heavy atom. The SMILES string of the molecule is c1cnc2nc3csnc3cc2c1. The Labute approximate surface area is 78.2 Å². The van der Waals surface area contributed by atoms with Gasteiger partial charge in [-0.3, -0.25) is 0 Å². The average molecular weight is 187 g/mol. The summed E-state index contributed by atoms with van der Waals surface area (Å²) in [4.78, 5) is 8.55. The van der Waals surface area contributed by atoms with Gasteiger partial charge in [0, 0.05) is 17.0 Å². The van der Waals surface area contributed by atoms with Gasteiger partial charge in [-0.05, 0) is 29.7 Å². The van der Waals surface area contributed by atoms with Crippen LogP contribution in [-0.2, 0) is 0 Å². The fourth-order valence-electron chi connectivity index (χ4n) is 1.30. The highest BCUT2D eigenvalue weighted by atomic mass is 32.1. The number of fused-ring (bicyclic) bond motifs is 2. The van der Waals surface area contributed by atoms with Crippen LogP contribution in [-0.4, -0.2) is 14.3 Å². The Morgan fingerprint density at radius 2 is 2.23 bits per heavy atom. The van der Waals surface area contributed by atoms with Crippen LogP contribution in [0.1, 0.15) is 0 Å². The first kappa shape index (κ1) is 6.91. The van der Waals surface area contributed by atoms with Crippen molar-refractivity contribution in [3.63, 3.8) is 0 Å². The van der Waals surface area contributed by atoms with Crippen molar-refractivity contribution < 1.29 is 0 Å². The second kappa shape index (κ2) is 2.47. The fraction of sp³-hybridized carbons (Fsp3) is 0. The van der Waals surface area contributed by atoms with Crippen molar-refractivity contribution in [2.45, 2.75) is 0 Å². The summed E-state index contributed by atoms with van der Waals surface area (Å²) in [6, 6.07) is 5.91. The van der Waals surface area contributed by atoms with Gasteiger partial charge in [0.2, 0.25) is 0 Å². The number of pyridine rings is 2. The molecule has 0 unspecified atom stereocenters. The van der Waals surface area contributed by atoms with Gasteiger partial charge >= 0.3 is 0 Å². The molecule has 0 spiro atoms. The third-order valence-electron chi connectivity index (χ3n) is 1.91. The van der Waals surface area contributed by atoms with Crippen molar-refractivity contribution >= 4 is 33.6 Å². The molecule has 4 heteroatoms. The molecule has 0 aliphatic heterocycles. The molecule has 3 heterocycles. The third-order valence-corrected chi connectivity index (χ3v) is 2.54. The van der Waals surface area contributed by atoms with Gasteiger partial charge in [0.15, 0.2) is 5.65 Å². The van der Waals surface area contributed by atoms with Crippen LogP contribution in [0.4, 0.5) is 0 Å². The Bertz CT molecular complexity index is 523. The fourth-order valence-corrected chi connectivity index (χ4v) is 1.89. The van der Waals surface area contributed by atoms with Gasteiger partial charge in [-0.25, -0.2) is 9.97 Å². The molecule has 0 saturated heterocycles. The number of hydrogen-bond acceptors (Lipinski definition) is 4. The maximum atomic E-state index is 4.37. The van der Waals surface area contributed by atoms with E-state index in [0.717, 1.165) is 22.1 Å². The molecule has 3 rings (SSSR count). The quantitative estimate of drug-likeness (QED) is 0.541. The second-order valence-electron chi connectivity index (χ2n) is 2.76. The zero-order valence-corrected chi connectivity index (χ0v) is 7.45. The van der Waals surface area contributed by atoms with Crippen LogP contribution in [0.2, 0.25) is 0 Å². The lowest BCUT2D eigenvalue weighted by atomic mass is 10.2. The molecule has 0 atom stereocenters. The van der Waals surface area contributed by atoms with Gasteiger partial charge in [0.1, 0.15) is 11.0 Å². The topological polar surface area (TPSA) is 38.7 Å². The summed E-state index contributed by atoms with van der Waals surface area (Å²) in [5.74, 6) is 0. The predicted molar refractivity (Wildman–Crippen MR) is 52.7 cm³/mol. The maximum absolute atomic E-state index is 4.37. The van der Waals surface area contributed by atoms with Crippen molar-refractivity contribution in [3.8, 4) is 0 Å². The zero-order valence-electron chi connectivity index (χ0n) is 6.64. The molecule has 3 nitrogen and oxygen atoms in total. The van der Waals surface area contributed by atoms with Gasteiger partial charge in [-0.1, -0.05) is 0 Å². The largest absolute Gasteiger partial charge is 0.237 e. The van der Waals surface area contributed by atoms with Crippen LogP contribution >= 0.6 is 11.5 Å². The molecule has 3 aromatic heterocycles. The Morgan fingerprint density at radius 3 is 3.23 bits per heavy atom. The van der Waals surface area contributed by atoms with E-state index in [4.69, 9.17) is 0 Å². The summed E-state index contributed by atoms with van der Waals surface area (Å²) in [7, 11) is 0. The van der Waals surface area contributed by atoms with Crippen LogP contribution in [0.5, 0.6) is 0 Å². The van der Waals surface area contributed by atoms with Crippen molar-refractivity contribution in [3.05, 3.63) is 29.8 Å². The minimum absolute atomic E-state index is 0.787. The summed E-state index contributed by atoms with van der Waals surface area (Å²) in [5, 5.41) is 2.98. The number of rotatable bonds is 0. The van der Waals surface area contributed by atoms with E-state index in [0.29, 0.717) is 0 Å². The first-order valence-corrected chi connectivity index (χ1v) is 4.73. The summed E-state index contributed by atoms with van der Waals surface area (Å²) in [6.45, 7) is 0. The standard InChI is InChI=1S/C9H5N3S/c1-2-6-4-7-8(5-13-12-7)11-9(6)10-3-1/h1-5H. The Balaban J connectivity index is 2.57. The predicted octanol–water partition coefficient (Wildman–Crippen LogP) is 2.24. The smallest absolute Gasteiger partial charge is 0.159 e. The highest BCUT2D eigenvalue weighted by molar-refractivity contribution is 7.04. The summed E-state index contributed by atoms with van der Waals surface area (Å²) in [6.07, 6.45) is 1.75. The summed E-state index contributed by atoms with van der Waals surface area (Å²) >= 11 is 1.42. The molecule has 0 bridgehead atoms. The summed E-state index contributed by atoms with van der Waals surface area (Å²) < 4.78 is 4.22. The van der Waals surface area contributed by atoms with E-state index >= 15 is 0 Å². The molecule has 0 radical (unpaired) electrons. The van der Waals surface area contributed by atoms with Gasteiger partial charge in [-0.2, -0.15) is 4.37 Å². The van der Waals surface area contributed by atoms with Gasteiger partial charge < -0.3 is 0 Å². The lowest BCUT2D eigenvalue weighted by Crippen LogP contribution is -1.82. The monoisotopic (exact) mass is 187 g/mol. The van der Waals surface area contributed by atoms with Gasteiger partial charge in [0.25, 0.3) is 0 Å².